The van der Waals surface area contributed by atoms with Gasteiger partial charge in [0.2, 0.25) is 0 Å². The second-order valence-corrected chi connectivity index (χ2v) is 5.02. The second kappa shape index (κ2) is 4.67. The van der Waals surface area contributed by atoms with Crippen LogP contribution in [0.3, 0.4) is 0 Å². The third kappa shape index (κ3) is 2.03. The highest BCUT2D eigenvalue weighted by molar-refractivity contribution is 7.16. The first-order valence-corrected chi connectivity index (χ1v) is 6.20. The summed E-state index contributed by atoms with van der Waals surface area (Å²) in [7, 11) is 1.65. The number of rotatable bonds is 2. The zero-order valence-electron chi connectivity index (χ0n) is 10.4. The Morgan fingerprint density at radius 1 is 1.33 bits per heavy atom. The van der Waals surface area contributed by atoms with Crippen LogP contribution in [0.15, 0.2) is 12.1 Å². The van der Waals surface area contributed by atoms with Crippen molar-refractivity contribution in [3.63, 3.8) is 0 Å². The number of nitrogens with two attached hydrogens (primary N) is 1. The molecule has 0 atom stereocenters. The number of aryl methyl sites for hydroxylation is 2. The predicted octanol–water partition coefficient (Wildman–Crippen LogP) is 2.89. The molecule has 0 aliphatic heterocycles. The van der Waals surface area contributed by atoms with Crippen molar-refractivity contribution in [3.8, 4) is 23.1 Å². The SMILES string of the molecule is COc1c(C)cc(-c2nc(N)sc2C#N)cc1C. The minimum absolute atomic E-state index is 0.410. The van der Waals surface area contributed by atoms with Crippen LogP contribution in [0.2, 0.25) is 0 Å². The van der Waals surface area contributed by atoms with Gasteiger partial charge < -0.3 is 10.5 Å². The molecular formula is C13H13N3OS. The van der Waals surface area contributed by atoms with Crippen LogP contribution in [0.1, 0.15) is 16.0 Å². The maximum Gasteiger partial charge on any atom is 0.181 e. The molecule has 0 aliphatic carbocycles. The Kier molecular flexibility index (Phi) is 3.21. The monoisotopic (exact) mass is 259 g/mol. The fraction of sp³-hybridized carbons (Fsp3) is 0.231. The Labute approximate surface area is 110 Å². The van der Waals surface area contributed by atoms with E-state index in [4.69, 9.17) is 15.7 Å². The quantitative estimate of drug-likeness (QED) is 0.900. The van der Waals surface area contributed by atoms with Crippen molar-refractivity contribution in [2.24, 2.45) is 0 Å². The third-order valence-corrected chi connectivity index (χ3v) is 3.47. The van der Waals surface area contributed by atoms with Gasteiger partial charge in [-0.05, 0) is 37.1 Å². The summed E-state index contributed by atoms with van der Waals surface area (Å²) in [6.45, 7) is 3.94. The standard InChI is InChI=1S/C13H13N3OS/c1-7-4-9(5-8(2)12(7)17-3)11-10(6-14)18-13(15)16-11/h4-5H,1-3H3,(H2,15,16). The summed E-state index contributed by atoms with van der Waals surface area (Å²) in [6, 6.07) is 6.05. The molecule has 0 bridgehead atoms. The molecule has 1 heterocycles. The van der Waals surface area contributed by atoms with E-state index in [0.717, 1.165) is 22.4 Å². The topological polar surface area (TPSA) is 71.9 Å². The zero-order valence-corrected chi connectivity index (χ0v) is 11.3. The molecule has 2 aromatic rings. The number of nitrogens with zero attached hydrogens (tertiary/aromatic N) is 2. The largest absolute Gasteiger partial charge is 0.496 e. The van der Waals surface area contributed by atoms with Gasteiger partial charge in [0, 0.05) is 5.56 Å². The van der Waals surface area contributed by atoms with Gasteiger partial charge in [-0.1, -0.05) is 11.3 Å². The van der Waals surface area contributed by atoms with Crippen LogP contribution in [0.25, 0.3) is 11.3 Å². The molecule has 0 radical (unpaired) electrons. The summed E-state index contributed by atoms with van der Waals surface area (Å²) in [5.41, 5.74) is 9.23. The van der Waals surface area contributed by atoms with E-state index in [1.165, 1.54) is 11.3 Å². The summed E-state index contributed by atoms with van der Waals surface area (Å²) < 4.78 is 5.32. The number of nitrogen functional groups attached to an aromatic ring is 1. The van der Waals surface area contributed by atoms with Gasteiger partial charge in [-0.2, -0.15) is 5.26 Å². The minimum Gasteiger partial charge on any atom is -0.496 e. The van der Waals surface area contributed by atoms with Gasteiger partial charge in [-0.25, -0.2) is 4.98 Å². The molecule has 4 nitrogen and oxygen atoms in total. The van der Waals surface area contributed by atoms with Gasteiger partial charge in [0.05, 0.1) is 7.11 Å². The molecular weight excluding hydrogens is 246 g/mol. The first-order chi connectivity index (χ1) is 8.56. The molecule has 0 aliphatic rings. The number of benzene rings is 1. The molecule has 0 saturated carbocycles. The van der Waals surface area contributed by atoms with Gasteiger partial charge >= 0.3 is 0 Å². The number of anilines is 1. The molecule has 2 N–H and O–H groups in total. The first-order valence-electron chi connectivity index (χ1n) is 5.38. The Morgan fingerprint density at radius 3 is 2.44 bits per heavy atom. The van der Waals surface area contributed by atoms with Crippen LogP contribution < -0.4 is 10.5 Å². The molecule has 5 heteroatoms. The van der Waals surface area contributed by atoms with Gasteiger partial charge in [-0.3, -0.25) is 0 Å². The molecule has 0 saturated heterocycles. The number of thiazole rings is 1. The second-order valence-electron chi connectivity index (χ2n) is 3.98. The molecule has 0 amide bonds. The Balaban J connectivity index is 2.62. The predicted molar refractivity (Wildman–Crippen MR) is 72.7 cm³/mol. The third-order valence-electron chi connectivity index (χ3n) is 2.68. The highest BCUT2D eigenvalue weighted by Gasteiger charge is 2.14. The summed E-state index contributed by atoms with van der Waals surface area (Å²) in [5, 5.41) is 9.48. The van der Waals surface area contributed by atoms with Gasteiger partial charge in [0.15, 0.2) is 5.13 Å². The van der Waals surface area contributed by atoms with Crippen LogP contribution in [0.4, 0.5) is 5.13 Å². The molecule has 1 aromatic carbocycles. The Morgan fingerprint density at radius 2 is 1.94 bits per heavy atom. The fourth-order valence-corrected chi connectivity index (χ4v) is 2.67. The average molecular weight is 259 g/mol. The number of nitriles is 1. The van der Waals surface area contributed by atoms with E-state index >= 15 is 0 Å². The molecule has 0 fully saturated rings. The Bertz CT molecular complexity index is 617. The molecule has 92 valence electrons. The molecule has 18 heavy (non-hydrogen) atoms. The van der Waals surface area contributed by atoms with Gasteiger partial charge in [-0.15, -0.1) is 0 Å². The van der Waals surface area contributed by atoms with Crippen molar-refractivity contribution in [1.29, 1.82) is 5.26 Å². The molecule has 2 rings (SSSR count). The smallest absolute Gasteiger partial charge is 0.181 e. The van der Waals surface area contributed by atoms with E-state index in [1.54, 1.807) is 7.11 Å². The number of aromatic nitrogens is 1. The maximum atomic E-state index is 9.07. The van der Waals surface area contributed by atoms with Crippen LogP contribution in [-0.4, -0.2) is 12.1 Å². The van der Waals surface area contributed by atoms with Gasteiger partial charge in [0.25, 0.3) is 0 Å². The highest BCUT2D eigenvalue weighted by Crippen LogP contribution is 2.33. The van der Waals surface area contributed by atoms with Crippen molar-refractivity contribution in [3.05, 3.63) is 28.1 Å². The van der Waals surface area contributed by atoms with Crippen LogP contribution in [0.5, 0.6) is 5.75 Å². The van der Waals surface area contributed by atoms with Crippen molar-refractivity contribution in [1.82, 2.24) is 4.98 Å². The van der Waals surface area contributed by atoms with Gasteiger partial charge in [0.1, 0.15) is 22.4 Å². The lowest BCUT2D eigenvalue weighted by Gasteiger charge is -2.10. The molecule has 0 unspecified atom stereocenters. The Hall–Kier alpha value is -2.06. The van der Waals surface area contributed by atoms with Crippen molar-refractivity contribution < 1.29 is 4.74 Å². The lowest BCUT2D eigenvalue weighted by atomic mass is 10.0. The van der Waals surface area contributed by atoms with E-state index in [-0.39, 0.29) is 0 Å². The number of hydrogen-bond acceptors (Lipinski definition) is 5. The highest BCUT2D eigenvalue weighted by atomic mass is 32.1. The number of ether oxygens (including phenoxy) is 1. The summed E-state index contributed by atoms with van der Waals surface area (Å²) >= 11 is 1.21. The normalized spacial score (nSPS) is 10.1. The van der Waals surface area contributed by atoms with E-state index < -0.39 is 0 Å². The van der Waals surface area contributed by atoms with Crippen molar-refractivity contribution in [2.45, 2.75) is 13.8 Å². The molecule has 0 spiro atoms. The van der Waals surface area contributed by atoms with Crippen molar-refractivity contribution in [2.75, 3.05) is 12.8 Å². The van der Waals surface area contributed by atoms with Crippen LogP contribution >= 0.6 is 11.3 Å². The lowest BCUT2D eigenvalue weighted by molar-refractivity contribution is 0.408. The zero-order chi connectivity index (χ0) is 13.3. The summed E-state index contributed by atoms with van der Waals surface area (Å²) in [4.78, 5) is 4.76. The van der Waals surface area contributed by atoms with E-state index in [9.17, 15) is 0 Å². The van der Waals surface area contributed by atoms with Crippen molar-refractivity contribution >= 4 is 16.5 Å². The van der Waals surface area contributed by atoms with Crippen LogP contribution in [0, 0.1) is 25.2 Å². The van der Waals surface area contributed by atoms with E-state index in [1.807, 2.05) is 26.0 Å². The summed E-state index contributed by atoms with van der Waals surface area (Å²) in [6.07, 6.45) is 0. The average Bonchev–Trinajstić information content (AvgIpc) is 2.70. The lowest BCUT2D eigenvalue weighted by Crippen LogP contribution is -1.93. The summed E-state index contributed by atoms with van der Waals surface area (Å²) in [5.74, 6) is 0.862. The minimum atomic E-state index is 0.410. The van der Waals surface area contributed by atoms with E-state index in [0.29, 0.717) is 15.7 Å². The number of methoxy groups -OCH3 is 1. The number of hydrogen-bond donors (Lipinski definition) is 1. The maximum absolute atomic E-state index is 9.07. The first kappa shape index (κ1) is 12.4. The van der Waals surface area contributed by atoms with E-state index in [2.05, 4.69) is 11.1 Å². The molecule has 1 aromatic heterocycles. The van der Waals surface area contributed by atoms with Crippen LogP contribution in [-0.2, 0) is 0 Å². The fourth-order valence-electron chi connectivity index (χ4n) is 2.02.